The number of hydrogen-bond acceptors (Lipinski definition) is 3. The van der Waals surface area contributed by atoms with E-state index in [1.807, 2.05) is 33.7 Å². The lowest BCUT2D eigenvalue weighted by Crippen LogP contribution is -2.45. The molecule has 1 aliphatic heterocycles. The highest BCUT2D eigenvalue weighted by molar-refractivity contribution is 5.93. The Bertz CT molecular complexity index is 673. The lowest BCUT2D eigenvalue weighted by Gasteiger charge is -2.41. The molecule has 0 radical (unpaired) electrons. The number of nitrogens with zero attached hydrogens (tertiary/aromatic N) is 3. The number of amides is 1. The van der Waals surface area contributed by atoms with E-state index in [0.717, 1.165) is 24.9 Å². The number of aromatic nitrogens is 2. The molecule has 1 aliphatic carbocycles. The van der Waals surface area contributed by atoms with Gasteiger partial charge in [0.15, 0.2) is 0 Å². The van der Waals surface area contributed by atoms with Crippen LogP contribution in [0.5, 0.6) is 0 Å². The first kappa shape index (κ1) is 11.9. The second-order valence-electron chi connectivity index (χ2n) is 6.12. The van der Waals surface area contributed by atoms with Gasteiger partial charge >= 0.3 is 0 Å². The maximum atomic E-state index is 12.6. The second-order valence-corrected chi connectivity index (χ2v) is 6.12. The molecule has 1 spiro atoms. The highest BCUT2D eigenvalue weighted by Crippen LogP contribution is 2.47. The number of rotatable bonds is 1. The molecular weight excluding hydrogens is 252 g/mol. The van der Waals surface area contributed by atoms with Gasteiger partial charge < -0.3 is 15.0 Å². The van der Waals surface area contributed by atoms with E-state index >= 15 is 0 Å². The van der Waals surface area contributed by atoms with Crippen LogP contribution in [0, 0.1) is 5.41 Å². The molecule has 0 aromatic carbocycles. The number of nitrogens with two attached hydrogens (primary N) is 1. The summed E-state index contributed by atoms with van der Waals surface area (Å²) < 4.78 is 1.90. The topological polar surface area (TPSA) is 63.6 Å². The van der Waals surface area contributed by atoms with Crippen LogP contribution in [0.15, 0.2) is 30.7 Å². The summed E-state index contributed by atoms with van der Waals surface area (Å²) in [6.45, 7) is 1.45. The van der Waals surface area contributed by atoms with Crippen LogP contribution in [-0.4, -0.2) is 39.3 Å². The van der Waals surface area contributed by atoms with Crippen LogP contribution in [-0.2, 0) is 0 Å². The summed E-state index contributed by atoms with van der Waals surface area (Å²) in [7, 11) is 0. The van der Waals surface area contributed by atoms with Crippen LogP contribution in [0.1, 0.15) is 29.8 Å². The Balaban J connectivity index is 1.60. The van der Waals surface area contributed by atoms with Crippen LogP contribution >= 0.6 is 0 Å². The largest absolute Gasteiger partial charge is 0.335 e. The van der Waals surface area contributed by atoms with Crippen molar-refractivity contribution in [3.05, 3.63) is 36.4 Å². The standard InChI is InChI=1S/C15H18N4O/c16-13-8-19(9-15(13)4-2-5-15)14(20)12-7-11-3-1-6-18(11)10-17-12/h1,3,6-7,10,13H,2,4-5,8-9,16H2. The van der Waals surface area contributed by atoms with Crippen molar-refractivity contribution in [3.63, 3.8) is 0 Å². The lowest BCUT2D eigenvalue weighted by molar-refractivity contribution is 0.0721. The van der Waals surface area contributed by atoms with Gasteiger partial charge in [-0.3, -0.25) is 4.79 Å². The lowest BCUT2D eigenvalue weighted by atomic mass is 9.66. The van der Waals surface area contributed by atoms with Gasteiger partial charge in [0.25, 0.3) is 5.91 Å². The van der Waals surface area contributed by atoms with Crippen LogP contribution in [0.25, 0.3) is 5.52 Å². The molecule has 1 atom stereocenters. The average Bonchev–Trinajstić information content (AvgIpc) is 3.00. The second kappa shape index (κ2) is 4.06. The summed E-state index contributed by atoms with van der Waals surface area (Å²) >= 11 is 0. The molecule has 1 saturated heterocycles. The molecule has 2 N–H and O–H groups in total. The van der Waals surface area contributed by atoms with Gasteiger partial charge in [-0.15, -0.1) is 0 Å². The maximum absolute atomic E-state index is 12.6. The van der Waals surface area contributed by atoms with Crippen LogP contribution in [0.3, 0.4) is 0 Å². The third-order valence-corrected chi connectivity index (χ3v) is 4.98. The fourth-order valence-corrected chi connectivity index (χ4v) is 3.52. The quantitative estimate of drug-likeness (QED) is 0.849. The Hall–Kier alpha value is -1.88. The minimum atomic E-state index is 0.00734. The average molecular weight is 270 g/mol. The number of carbonyl (C=O) groups is 1. The zero-order chi connectivity index (χ0) is 13.7. The van der Waals surface area contributed by atoms with Gasteiger partial charge in [0.2, 0.25) is 0 Å². The fourth-order valence-electron chi connectivity index (χ4n) is 3.52. The highest BCUT2D eigenvalue weighted by atomic mass is 16.2. The van der Waals surface area contributed by atoms with Crippen LogP contribution in [0.4, 0.5) is 0 Å². The molecule has 2 aromatic rings. The number of hydrogen-bond donors (Lipinski definition) is 1. The van der Waals surface area contributed by atoms with Crippen molar-refractivity contribution in [2.75, 3.05) is 13.1 Å². The number of carbonyl (C=O) groups excluding carboxylic acids is 1. The molecular formula is C15H18N4O. The summed E-state index contributed by atoms with van der Waals surface area (Å²) in [5, 5.41) is 0. The summed E-state index contributed by atoms with van der Waals surface area (Å²) in [6.07, 6.45) is 7.17. The zero-order valence-electron chi connectivity index (χ0n) is 11.3. The van der Waals surface area contributed by atoms with Crippen molar-refractivity contribution in [2.24, 2.45) is 11.1 Å². The number of likely N-dealkylation sites (tertiary alicyclic amines) is 1. The van der Waals surface area contributed by atoms with Crippen molar-refractivity contribution < 1.29 is 4.79 Å². The normalized spacial score (nSPS) is 24.2. The molecule has 104 valence electrons. The molecule has 3 heterocycles. The number of fused-ring (bicyclic) bond motifs is 1. The first-order valence-electron chi connectivity index (χ1n) is 7.16. The van der Waals surface area contributed by atoms with Gasteiger partial charge in [0, 0.05) is 36.3 Å². The minimum absolute atomic E-state index is 0.00734. The molecule has 0 bridgehead atoms. The first-order valence-corrected chi connectivity index (χ1v) is 7.16. The van der Waals surface area contributed by atoms with E-state index in [2.05, 4.69) is 4.98 Å². The Morgan fingerprint density at radius 2 is 2.30 bits per heavy atom. The third kappa shape index (κ3) is 1.59. The van der Waals surface area contributed by atoms with E-state index in [0.29, 0.717) is 12.2 Å². The molecule has 1 saturated carbocycles. The van der Waals surface area contributed by atoms with Crippen LogP contribution < -0.4 is 5.73 Å². The van der Waals surface area contributed by atoms with Crippen molar-refractivity contribution in [1.82, 2.24) is 14.3 Å². The third-order valence-electron chi connectivity index (χ3n) is 4.98. The van der Waals surface area contributed by atoms with E-state index < -0.39 is 0 Å². The molecule has 2 aromatic heterocycles. The van der Waals surface area contributed by atoms with E-state index in [1.54, 1.807) is 6.33 Å². The van der Waals surface area contributed by atoms with E-state index in [4.69, 9.17) is 5.73 Å². The zero-order valence-corrected chi connectivity index (χ0v) is 11.3. The Kier molecular flexibility index (Phi) is 2.41. The van der Waals surface area contributed by atoms with Gasteiger partial charge in [0.05, 0.1) is 6.33 Å². The highest BCUT2D eigenvalue weighted by Gasteiger charge is 2.50. The van der Waals surface area contributed by atoms with E-state index in [9.17, 15) is 4.79 Å². The van der Waals surface area contributed by atoms with E-state index in [-0.39, 0.29) is 17.4 Å². The molecule has 1 amide bonds. The van der Waals surface area contributed by atoms with Crippen molar-refractivity contribution in [3.8, 4) is 0 Å². The Labute approximate surface area is 117 Å². The molecule has 2 fully saturated rings. The van der Waals surface area contributed by atoms with Crippen molar-refractivity contribution >= 4 is 11.4 Å². The predicted octanol–water partition coefficient (Wildman–Crippen LogP) is 1.29. The van der Waals surface area contributed by atoms with Gasteiger partial charge in [-0.05, 0) is 31.0 Å². The maximum Gasteiger partial charge on any atom is 0.272 e. The summed E-state index contributed by atoms with van der Waals surface area (Å²) in [6, 6.07) is 5.89. The smallest absolute Gasteiger partial charge is 0.272 e. The Morgan fingerprint density at radius 3 is 3.00 bits per heavy atom. The molecule has 1 unspecified atom stereocenters. The summed E-state index contributed by atoms with van der Waals surface area (Å²) in [5.41, 5.74) is 7.93. The monoisotopic (exact) mass is 270 g/mol. The van der Waals surface area contributed by atoms with Crippen LogP contribution in [0.2, 0.25) is 0 Å². The van der Waals surface area contributed by atoms with Gasteiger partial charge in [0.1, 0.15) is 5.69 Å². The van der Waals surface area contributed by atoms with E-state index in [1.165, 1.54) is 6.42 Å². The Morgan fingerprint density at radius 1 is 1.45 bits per heavy atom. The summed E-state index contributed by atoms with van der Waals surface area (Å²) in [4.78, 5) is 18.7. The first-order chi connectivity index (χ1) is 9.68. The molecule has 2 aliphatic rings. The van der Waals surface area contributed by atoms with Gasteiger partial charge in [-0.1, -0.05) is 6.42 Å². The molecule has 20 heavy (non-hydrogen) atoms. The summed E-state index contributed by atoms with van der Waals surface area (Å²) in [5.74, 6) is 0.00734. The molecule has 5 nitrogen and oxygen atoms in total. The predicted molar refractivity (Wildman–Crippen MR) is 75.4 cm³/mol. The van der Waals surface area contributed by atoms with Crippen molar-refractivity contribution in [2.45, 2.75) is 25.3 Å². The van der Waals surface area contributed by atoms with Gasteiger partial charge in [-0.2, -0.15) is 0 Å². The van der Waals surface area contributed by atoms with Gasteiger partial charge in [-0.25, -0.2) is 4.98 Å². The van der Waals surface area contributed by atoms with Crippen molar-refractivity contribution in [1.29, 1.82) is 0 Å². The fraction of sp³-hybridized carbons (Fsp3) is 0.467. The minimum Gasteiger partial charge on any atom is -0.335 e. The molecule has 4 rings (SSSR count). The SMILES string of the molecule is NC1CN(C(=O)c2cc3cccn3cn2)CC12CCC2. The molecule has 5 heteroatoms.